The number of ether oxygens (including phenoxy) is 1. The van der Waals surface area contributed by atoms with Gasteiger partial charge in [-0.15, -0.1) is 10.2 Å². The Hall–Kier alpha value is -2.60. The van der Waals surface area contributed by atoms with Gasteiger partial charge in [0, 0.05) is 11.3 Å². The van der Waals surface area contributed by atoms with Gasteiger partial charge in [-0.05, 0) is 57.2 Å². The number of hydrogen-bond acceptors (Lipinski definition) is 5. The number of carbonyl (C=O) groups excluding carboxylic acids is 1. The predicted octanol–water partition coefficient (Wildman–Crippen LogP) is 4.32. The summed E-state index contributed by atoms with van der Waals surface area (Å²) in [5, 5.41) is 9.25. The first kappa shape index (κ1) is 18.2. The van der Waals surface area contributed by atoms with Gasteiger partial charge in [-0.1, -0.05) is 29.5 Å². The van der Waals surface area contributed by atoms with Gasteiger partial charge in [0.25, 0.3) is 0 Å². The maximum Gasteiger partial charge on any atom is 0.196 e. The van der Waals surface area contributed by atoms with Crippen LogP contribution in [0.2, 0.25) is 0 Å². The Morgan fingerprint density at radius 2 is 1.73 bits per heavy atom. The maximum atomic E-state index is 11.7. The van der Waals surface area contributed by atoms with Crippen molar-refractivity contribution in [2.45, 2.75) is 31.2 Å². The number of carbonyl (C=O) groups is 1. The van der Waals surface area contributed by atoms with Gasteiger partial charge in [0.15, 0.2) is 11.0 Å². The van der Waals surface area contributed by atoms with Gasteiger partial charge in [-0.2, -0.15) is 0 Å². The molecular weight excluding hydrogens is 346 g/mol. The highest BCUT2D eigenvalue weighted by Gasteiger charge is 2.20. The average Bonchev–Trinajstić information content (AvgIpc) is 3.06. The average molecular weight is 367 g/mol. The molecule has 6 heteroatoms. The summed E-state index contributed by atoms with van der Waals surface area (Å²) in [5.41, 5.74) is 3.07. The van der Waals surface area contributed by atoms with E-state index >= 15 is 0 Å². The summed E-state index contributed by atoms with van der Waals surface area (Å²) < 4.78 is 7.22. The maximum absolute atomic E-state index is 11.7. The molecule has 0 saturated heterocycles. The summed E-state index contributed by atoms with van der Waals surface area (Å²) in [4.78, 5) is 11.7. The van der Waals surface area contributed by atoms with E-state index in [1.807, 2.05) is 54.8 Å². The predicted molar refractivity (Wildman–Crippen MR) is 104 cm³/mol. The Labute approximate surface area is 157 Å². The molecule has 1 unspecified atom stereocenters. The highest BCUT2D eigenvalue weighted by Crippen LogP contribution is 2.31. The molecule has 0 bridgehead atoms. The summed E-state index contributed by atoms with van der Waals surface area (Å²) in [6, 6.07) is 15.9. The lowest BCUT2D eigenvalue weighted by Gasteiger charge is -2.12. The number of thioether (sulfide) groups is 1. The molecule has 134 valence electrons. The van der Waals surface area contributed by atoms with E-state index in [0.717, 1.165) is 22.8 Å². The standard InChI is InChI=1S/C20H21N3O2S/c1-13-5-9-17(10-6-13)23-19(16-7-11-18(25-4)12-8-16)21-22-20(23)26-15(3)14(2)24/h5-12,15H,1-4H3. The van der Waals surface area contributed by atoms with Gasteiger partial charge in [0.2, 0.25) is 0 Å². The summed E-state index contributed by atoms with van der Waals surface area (Å²) in [7, 11) is 1.64. The molecule has 1 heterocycles. The third-order valence-electron chi connectivity index (χ3n) is 4.13. The number of methoxy groups -OCH3 is 1. The molecule has 0 spiro atoms. The summed E-state index contributed by atoms with van der Waals surface area (Å²) in [5.74, 6) is 1.63. The molecule has 0 N–H and O–H groups in total. The van der Waals surface area contributed by atoms with Crippen LogP contribution in [0, 0.1) is 6.92 Å². The summed E-state index contributed by atoms with van der Waals surface area (Å²) in [6.45, 7) is 5.52. The van der Waals surface area contributed by atoms with E-state index in [4.69, 9.17) is 4.74 Å². The molecule has 0 saturated carbocycles. The van der Waals surface area contributed by atoms with Gasteiger partial charge >= 0.3 is 0 Å². The lowest BCUT2D eigenvalue weighted by molar-refractivity contribution is -0.116. The minimum Gasteiger partial charge on any atom is -0.497 e. The van der Waals surface area contributed by atoms with Crippen LogP contribution in [0.1, 0.15) is 19.4 Å². The zero-order valence-electron chi connectivity index (χ0n) is 15.3. The zero-order valence-corrected chi connectivity index (χ0v) is 16.1. The van der Waals surface area contributed by atoms with Crippen molar-refractivity contribution in [1.29, 1.82) is 0 Å². The van der Waals surface area contributed by atoms with Crippen molar-refractivity contribution < 1.29 is 9.53 Å². The molecule has 26 heavy (non-hydrogen) atoms. The van der Waals surface area contributed by atoms with Crippen LogP contribution in [0.15, 0.2) is 53.7 Å². The smallest absolute Gasteiger partial charge is 0.196 e. The Bertz CT molecular complexity index is 902. The van der Waals surface area contributed by atoms with Gasteiger partial charge in [0.05, 0.1) is 12.4 Å². The van der Waals surface area contributed by atoms with E-state index in [1.165, 1.54) is 17.3 Å². The number of benzene rings is 2. The summed E-state index contributed by atoms with van der Waals surface area (Å²) in [6.07, 6.45) is 0. The Morgan fingerprint density at radius 3 is 2.31 bits per heavy atom. The largest absolute Gasteiger partial charge is 0.497 e. The van der Waals surface area contributed by atoms with Crippen molar-refractivity contribution in [3.05, 3.63) is 54.1 Å². The second kappa shape index (κ2) is 7.74. The van der Waals surface area contributed by atoms with Crippen molar-refractivity contribution >= 4 is 17.5 Å². The van der Waals surface area contributed by atoms with Crippen LogP contribution in [0.4, 0.5) is 0 Å². The minimum atomic E-state index is -0.188. The third-order valence-corrected chi connectivity index (χ3v) is 5.29. The molecule has 0 amide bonds. The molecule has 0 fully saturated rings. The van der Waals surface area contributed by atoms with Gasteiger partial charge in [0.1, 0.15) is 11.5 Å². The van der Waals surface area contributed by atoms with Gasteiger partial charge < -0.3 is 4.74 Å². The number of rotatable bonds is 6. The minimum absolute atomic E-state index is 0.111. The number of Topliss-reactive ketones (excluding diaryl/α,β-unsaturated/α-hetero) is 1. The van der Waals surface area contributed by atoms with E-state index in [1.54, 1.807) is 14.0 Å². The zero-order chi connectivity index (χ0) is 18.7. The molecule has 0 aliphatic heterocycles. The number of nitrogens with zero attached hydrogens (tertiary/aromatic N) is 3. The quantitative estimate of drug-likeness (QED) is 0.607. The van der Waals surface area contributed by atoms with E-state index in [2.05, 4.69) is 22.3 Å². The highest BCUT2D eigenvalue weighted by atomic mass is 32.2. The SMILES string of the molecule is COc1ccc(-c2nnc(SC(C)C(C)=O)n2-c2ccc(C)cc2)cc1. The molecule has 3 rings (SSSR count). The monoisotopic (exact) mass is 367 g/mol. The van der Waals surface area contributed by atoms with Crippen LogP contribution in [-0.4, -0.2) is 32.9 Å². The van der Waals surface area contributed by atoms with Crippen LogP contribution in [-0.2, 0) is 4.79 Å². The first-order chi connectivity index (χ1) is 12.5. The van der Waals surface area contributed by atoms with Gasteiger partial charge in [-0.3, -0.25) is 9.36 Å². The number of ketones is 1. The molecule has 2 aromatic carbocycles. The molecule has 1 aromatic heterocycles. The molecule has 5 nitrogen and oxygen atoms in total. The molecule has 0 aliphatic rings. The molecule has 0 aliphatic carbocycles. The fourth-order valence-corrected chi connectivity index (χ4v) is 3.31. The molecule has 1 atom stereocenters. The highest BCUT2D eigenvalue weighted by molar-refractivity contribution is 8.00. The normalized spacial score (nSPS) is 12.0. The second-order valence-electron chi connectivity index (χ2n) is 6.08. The van der Waals surface area contributed by atoms with Crippen LogP contribution in [0.3, 0.4) is 0 Å². The first-order valence-corrected chi connectivity index (χ1v) is 9.21. The van der Waals surface area contributed by atoms with Crippen molar-refractivity contribution in [3.63, 3.8) is 0 Å². The first-order valence-electron chi connectivity index (χ1n) is 8.33. The van der Waals surface area contributed by atoms with Gasteiger partial charge in [-0.25, -0.2) is 0 Å². The van der Waals surface area contributed by atoms with E-state index < -0.39 is 0 Å². The van der Waals surface area contributed by atoms with Crippen molar-refractivity contribution in [1.82, 2.24) is 14.8 Å². The van der Waals surface area contributed by atoms with Crippen molar-refractivity contribution in [3.8, 4) is 22.8 Å². The van der Waals surface area contributed by atoms with Crippen LogP contribution in [0.25, 0.3) is 17.1 Å². The van der Waals surface area contributed by atoms with E-state index in [0.29, 0.717) is 5.16 Å². The molecule has 3 aromatic rings. The van der Waals surface area contributed by atoms with Crippen molar-refractivity contribution in [2.24, 2.45) is 0 Å². The fourth-order valence-electron chi connectivity index (χ4n) is 2.44. The number of aryl methyl sites for hydroxylation is 1. The van der Waals surface area contributed by atoms with Crippen molar-refractivity contribution in [2.75, 3.05) is 7.11 Å². The number of aromatic nitrogens is 3. The van der Waals surface area contributed by atoms with Crippen LogP contribution < -0.4 is 4.74 Å². The van der Waals surface area contributed by atoms with E-state index in [9.17, 15) is 4.79 Å². The molecule has 0 radical (unpaired) electrons. The number of hydrogen-bond donors (Lipinski definition) is 0. The Kier molecular flexibility index (Phi) is 5.42. The third kappa shape index (κ3) is 3.80. The fraction of sp³-hybridized carbons (Fsp3) is 0.250. The lowest BCUT2D eigenvalue weighted by atomic mass is 10.2. The molecular formula is C20H21N3O2S. The Balaban J connectivity index is 2.10. The van der Waals surface area contributed by atoms with Crippen LogP contribution >= 0.6 is 11.8 Å². The summed E-state index contributed by atoms with van der Waals surface area (Å²) >= 11 is 1.42. The van der Waals surface area contributed by atoms with Crippen LogP contribution in [0.5, 0.6) is 5.75 Å². The lowest BCUT2D eigenvalue weighted by Crippen LogP contribution is -2.10. The van der Waals surface area contributed by atoms with E-state index in [-0.39, 0.29) is 11.0 Å². The topological polar surface area (TPSA) is 57.0 Å². The second-order valence-corrected chi connectivity index (χ2v) is 7.38. The Morgan fingerprint density at radius 1 is 1.08 bits per heavy atom.